The fourth-order valence-electron chi connectivity index (χ4n) is 1.44. The highest BCUT2D eigenvalue weighted by Crippen LogP contribution is 2.21. The molecular weight excluding hydrogens is 239 g/mol. The van der Waals surface area contributed by atoms with Crippen LogP contribution in [0, 0.1) is 0 Å². The summed E-state index contributed by atoms with van der Waals surface area (Å²) in [5.41, 5.74) is 0. The zero-order valence-corrected chi connectivity index (χ0v) is 10.0. The normalized spacial score (nSPS) is 32.4. The molecule has 2 heterocycles. The minimum Gasteiger partial charge on any atom is -0.378 e. The van der Waals surface area contributed by atoms with Gasteiger partial charge >= 0.3 is 0 Å². The first-order chi connectivity index (χ1) is 7.24. The Bertz CT molecular complexity index is 175. The van der Waals surface area contributed by atoms with E-state index in [0.717, 1.165) is 26.1 Å². The van der Waals surface area contributed by atoms with Crippen LogP contribution in [0.2, 0.25) is 0 Å². The molecule has 0 spiro atoms. The topological polar surface area (TPSA) is 34.3 Å². The van der Waals surface area contributed by atoms with Crippen molar-refractivity contribution < 1.29 is 14.2 Å². The third-order valence-electron chi connectivity index (χ3n) is 2.44. The molecule has 3 nitrogen and oxygen atoms in total. The van der Waals surface area contributed by atoms with Crippen molar-refractivity contribution in [1.29, 1.82) is 0 Å². The molecule has 2 fully saturated rings. The van der Waals surface area contributed by atoms with Gasteiger partial charge in [0.2, 0.25) is 0 Å². The maximum absolute atomic E-state index is 6.04. The molecule has 2 aliphatic rings. The number of ether oxygens (including phenoxy) is 3. The summed E-state index contributed by atoms with van der Waals surface area (Å²) >= 11 is 12.1. The highest BCUT2D eigenvalue weighted by molar-refractivity contribution is 6.21. The zero-order chi connectivity index (χ0) is 10.7. The highest BCUT2D eigenvalue weighted by atomic mass is 35.5. The third-order valence-corrected chi connectivity index (χ3v) is 3.05. The van der Waals surface area contributed by atoms with Crippen LogP contribution in [0.1, 0.15) is 12.8 Å². The molecule has 2 rings (SSSR count). The quantitative estimate of drug-likeness (QED) is 0.490. The van der Waals surface area contributed by atoms with Crippen LogP contribution in [0.3, 0.4) is 0 Å². The molecule has 0 aromatic rings. The molecule has 0 saturated carbocycles. The summed E-state index contributed by atoms with van der Waals surface area (Å²) in [6, 6.07) is 0. The van der Waals surface area contributed by atoms with Crippen molar-refractivity contribution in [2.75, 3.05) is 26.4 Å². The number of hydrogen-bond donors (Lipinski definition) is 0. The van der Waals surface area contributed by atoms with Crippen LogP contribution < -0.4 is 0 Å². The largest absolute Gasteiger partial charge is 0.378 e. The summed E-state index contributed by atoms with van der Waals surface area (Å²) in [7, 11) is 0. The number of epoxide rings is 2. The van der Waals surface area contributed by atoms with Crippen molar-refractivity contribution in [2.24, 2.45) is 0 Å². The van der Waals surface area contributed by atoms with Crippen molar-refractivity contribution in [3.63, 3.8) is 0 Å². The molecule has 0 amide bonds. The van der Waals surface area contributed by atoms with Gasteiger partial charge in [-0.05, 0) is 12.8 Å². The molecule has 0 bridgehead atoms. The molecule has 88 valence electrons. The first kappa shape index (κ1) is 11.9. The predicted molar refractivity (Wildman–Crippen MR) is 58.8 cm³/mol. The predicted octanol–water partition coefficient (Wildman–Crippen LogP) is 1.80. The Balaban J connectivity index is 1.45. The Morgan fingerprint density at radius 1 is 1.00 bits per heavy atom. The van der Waals surface area contributed by atoms with Gasteiger partial charge in [-0.1, -0.05) is 0 Å². The van der Waals surface area contributed by atoms with E-state index in [9.17, 15) is 0 Å². The average Bonchev–Trinajstić information content (AvgIpc) is 2.99. The first-order valence-electron chi connectivity index (χ1n) is 5.33. The van der Waals surface area contributed by atoms with Crippen LogP contribution in [-0.2, 0) is 14.2 Å². The summed E-state index contributed by atoms with van der Waals surface area (Å²) in [4.78, 5) is 0. The van der Waals surface area contributed by atoms with E-state index in [1.54, 1.807) is 0 Å². The van der Waals surface area contributed by atoms with Crippen molar-refractivity contribution in [3.8, 4) is 0 Å². The highest BCUT2D eigenvalue weighted by Gasteiger charge is 2.27. The minimum absolute atomic E-state index is 0.0403. The van der Waals surface area contributed by atoms with Gasteiger partial charge in [0.1, 0.15) is 0 Å². The van der Waals surface area contributed by atoms with Gasteiger partial charge in [-0.2, -0.15) is 0 Å². The monoisotopic (exact) mass is 254 g/mol. The van der Waals surface area contributed by atoms with Crippen LogP contribution in [-0.4, -0.2) is 49.4 Å². The fraction of sp³-hybridized carbons (Fsp3) is 1.00. The van der Waals surface area contributed by atoms with Gasteiger partial charge in [0.15, 0.2) is 0 Å². The van der Waals surface area contributed by atoms with Gasteiger partial charge in [-0.15, -0.1) is 23.2 Å². The van der Waals surface area contributed by atoms with Gasteiger partial charge in [-0.25, -0.2) is 0 Å². The van der Waals surface area contributed by atoms with Crippen molar-refractivity contribution in [2.45, 2.75) is 35.8 Å². The van der Waals surface area contributed by atoms with E-state index in [1.165, 1.54) is 0 Å². The van der Waals surface area contributed by atoms with Crippen LogP contribution in [0.4, 0.5) is 0 Å². The molecule has 0 aromatic carbocycles. The van der Waals surface area contributed by atoms with Gasteiger partial charge < -0.3 is 14.2 Å². The molecule has 0 aromatic heterocycles. The van der Waals surface area contributed by atoms with Crippen LogP contribution in [0.25, 0.3) is 0 Å². The molecule has 2 aliphatic heterocycles. The number of alkyl halides is 2. The Morgan fingerprint density at radius 2 is 1.40 bits per heavy atom. The van der Waals surface area contributed by atoms with E-state index in [1.807, 2.05) is 0 Å². The second-order valence-electron chi connectivity index (χ2n) is 4.11. The molecule has 2 saturated heterocycles. The SMILES string of the molecule is ClC(COCC(Cl)CC1CO1)CC1CO1. The maximum atomic E-state index is 6.04. The number of halogens is 2. The van der Waals surface area contributed by atoms with Crippen LogP contribution in [0.5, 0.6) is 0 Å². The Kier molecular flexibility index (Phi) is 4.52. The number of rotatable bonds is 8. The van der Waals surface area contributed by atoms with Crippen LogP contribution >= 0.6 is 23.2 Å². The van der Waals surface area contributed by atoms with Crippen molar-refractivity contribution in [1.82, 2.24) is 0 Å². The van der Waals surface area contributed by atoms with Gasteiger partial charge in [-0.3, -0.25) is 0 Å². The van der Waals surface area contributed by atoms with Crippen LogP contribution in [0.15, 0.2) is 0 Å². The summed E-state index contributed by atoms with van der Waals surface area (Å²) < 4.78 is 15.6. The average molecular weight is 255 g/mol. The van der Waals surface area contributed by atoms with Crippen molar-refractivity contribution >= 4 is 23.2 Å². The molecule has 4 atom stereocenters. The lowest BCUT2D eigenvalue weighted by atomic mass is 10.2. The lowest BCUT2D eigenvalue weighted by molar-refractivity contribution is 0.127. The fourth-order valence-corrected chi connectivity index (χ4v) is 2.01. The molecule has 15 heavy (non-hydrogen) atoms. The summed E-state index contributed by atoms with van der Waals surface area (Å²) in [6.07, 6.45) is 2.48. The van der Waals surface area contributed by atoms with E-state index in [-0.39, 0.29) is 10.8 Å². The summed E-state index contributed by atoms with van der Waals surface area (Å²) in [5.74, 6) is 0. The lowest BCUT2D eigenvalue weighted by Gasteiger charge is -2.11. The second-order valence-corrected chi connectivity index (χ2v) is 5.35. The maximum Gasteiger partial charge on any atom is 0.0824 e. The lowest BCUT2D eigenvalue weighted by Crippen LogP contribution is -2.17. The minimum atomic E-state index is 0.0403. The molecule has 4 unspecified atom stereocenters. The zero-order valence-electron chi connectivity index (χ0n) is 8.53. The Labute approximate surface area is 100.0 Å². The van der Waals surface area contributed by atoms with E-state index in [2.05, 4.69) is 0 Å². The molecule has 0 radical (unpaired) electrons. The molecule has 0 aliphatic carbocycles. The Morgan fingerprint density at radius 3 is 1.73 bits per heavy atom. The van der Waals surface area contributed by atoms with E-state index >= 15 is 0 Å². The Hall–Kier alpha value is 0.460. The third kappa shape index (κ3) is 5.36. The molecule has 5 heteroatoms. The summed E-state index contributed by atoms with van der Waals surface area (Å²) in [5, 5.41) is 0.0806. The molecular formula is C10H16Cl2O3. The second kappa shape index (κ2) is 5.69. The van der Waals surface area contributed by atoms with E-state index < -0.39 is 0 Å². The van der Waals surface area contributed by atoms with Gasteiger partial charge in [0.05, 0.1) is 49.4 Å². The van der Waals surface area contributed by atoms with Gasteiger partial charge in [0.25, 0.3) is 0 Å². The smallest absolute Gasteiger partial charge is 0.0824 e. The van der Waals surface area contributed by atoms with Crippen molar-refractivity contribution in [3.05, 3.63) is 0 Å². The molecule has 0 N–H and O–H groups in total. The number of hydrogen-bond acceptors (Lipinski definition) is 3. The standard InChI is InChI=1S/C10H16Cl2O3/c11-7(1-9-5-14-9)3-13-4-8(12)2-10-6-15-10/h7-10H,1-6H2. The van der Waals surface area contributed by atoms with E-state index in [4.69, 9.17) is 37.4 Å². The van der Waals surface area contributed by atoms with E-state index in [0.29, 0.717) is 25.4 Å². The van der Waals surface area contributed by atoms with Gasteiger partial charge in [0, 0.05) is 0 Å². The summed E-state index contributed by atoms with van der Waals surface area (Å²) in [6.45, 7) is 2.80. The first-order valence-corrected chi connectivity index (χ1v) is 6.20.